The van der Waals surface area contributed by atoms with Crippen LogP contribution in [0.2, 0.25) is 0 Å². The van der Waals surface area contributed by atoms with Crippen molar-refractivity contribution in [2.75, 3.05) is 22.7 Å². The number of nitriles is 1. The number of fused-ring (bicyclic) bond motifs is 1. The Labute approximate surface area is 168 Å². The van der Waals surface area contributed by atoms with Gasteiger partial charge in [0.25, 0.3) is 0 Å². The van der Waals surface area contributed by atoms with E-state index in [0.29, 0.717) is 12.1 Å². The van der Waals surface area contributed by atoms with E-state index in [1.54, 1.807) is 45.8 Å². The molecule has 0 saturated carbocycles. The summed E-state index contributed by atoms with van der Waals surface area (Å²) in [5.41, 5.74) is 2.15. The second-order valence-electron chi connectivity index (χ2n) is 7.00. The van der Waals surface area contributed by atoms with Gasteiger partial charge < -0.3 is 4.90 Å². The molecule has 2 aromatic carbocycles. The summed E-state index contributed by atoms with van der Waals surface area (Å²) in [6, 6.07) is 15.8. The third-order valence-corrected chi connectivity index (χ3v) is 7.67. The lowest BCUT2D eigenvalue weighted by atomic mass is 10.1. The van der Waals surface area contributed by atoms with Crippen molar-refractivity contribution < 1.29 is 13.2 Å². The van der Waals surface area contributed by atoms with Crippen molar-refractivity contribution in [3.8, 4) is 6.07 Å². The van der Waals surface area contributed by atoms with E-state index >= 15 is 0 Å². The molecule has 144 valence electrons. The standard InChI is InChI=1S/C20H19N3O3S2/c1-27-17-4-2-3-16(9-17)23-19-13-28(25,26)12-18(19)22(20(23)24)11-15-7-5-14(10-21)6-8-15/h2-9,18-19H,11-13H2,1H3/t18-,19+/m0/s1. The Balaban J connectivity index is 1.68. The second-order valence-corrected chi connectivity index (χ2v) is 10.0. The lowest BCUT2D eigenvalue weighted by molar-refractivity contribution is 0.206. The van der Waals surface area contributed by atoms with Crippen LogP contribution in [0.25, 0.3) is 0 Å². The monoisotopic (exact) mass is 413 g/mol. The van der Waals surface area contributed by atoms with Crippen LogP contribution in [0, 0.1) is 11.3 Å². The van der Waals surface area contributed by atoms with Crippen LogP contribution in [0.1, 0.15) is 11.1 Å². The largest absolute Gasteiger partial charge is 0.325 e. The van der Waals surface area contributed by atoms with Gasteiger partial charge in [0.1, 0.15) is 0 Å². The van der Waals surface area contributed by atoms with E-state index in [-0.39, 0.29) is 29.6 Å². The van der Waals surface area contributed by atoms with E-state index in [4.69, 9.17) is 5.26 Å². The van der Waals surface area contributed by atoms with Gasteiger partial charge in [-0.3, -0.25) is 4.90 Å². The molecule has 0 unspecified atom stereocenters. The number of carbonyl (C=O) groups is 1. The minimum Gasteiger partial charge on any atom is -0.314 e. The first-order valence-electron chi connectivity index (χ1n) is 8.85. The number of nitrogens with zero attached hydrogens (tertiary/aromatic N) is 3. The van der Waals surface area contributed by atoms with Gasteiger partial charge in [-0.25, -0.2) is 13.2 Å². The highest BCUT2D eigenvalue weighted by molar-refractivity contribution is 7.98. The third-order valence-electron chi connectivity index (χ3n) is 5.24. The van der Waals surface area contributed by atoms with Crippen LogP contribution in [0.4, 0.5) is 10.5 Å². The number of benzene rings is 2. The maximum atomic E-state index is 13.3. The van der Waals surface area contributed by atoms with Crippen LogP contribution >= 0.6 is 11.8 Å². The highest BCUT2D eigenvalue weighted by atomic mass is 32.2. The number of anilines is 1. The lowest BCUT2D eigenvalue weighted by Crippen LogP contribution is -2.37. The average molecular weight is 414 g/mol. The normalized spacial score (nSPS) is 22.9. The molecule has 0 radical (unpaired) electrons. The Bertz CT molecular complexity index is 1060. The molecule has 2 aromatic rings. The molecule has 0 spiro atoms. The molecule has 0 aromatic heterocycles. The Morgan fingerprint density at radius 1 is 1.14 bits per heavy atom. The fourth-order valence-corrected chi connectivity index (χ4v) is 6.31. The highest BCUT2D eigenvalue weighted by Gasteiger charge is 2.53. The zero-order valence-electron chi connectivity index (χ0n) is 15.3. The molecule has 2 atom stereocenters. The second kappa shape index (κ2) is 7.15. The molecule has 4 rings (SSSR count). The number of carbonyl (C=O) groups excluding carboxylic acids is 1. The van der Waals surface area contributed by atoms with Crippen LogP contribution < -0.4 is 4.90 Å². The lowest BCUT2D eigenvalue weighted by Gasteiger charge is -2.23. The van der Waals surface area contributed by atoms with Crippen LogP contribution in [-0.2, 0) is 16.4 Å². The molecule has 2 amide bonds. The van der Waals surface area contributed by atoms with Gasteiger partial charge >= 0.3 is 6.03 Å². The zero-order valence-corrected chi connectivity index (χ0v) is 16.9. The summed E-state index contributed by atoms with van der Waals surface area (Å²) < 4.78 is 24.7. The summed E-state index contributed by atoms with van der Waals surface area (Å²) in [7, 11) is -3.21. The Morgan fingerprint density at radius 3 is 2.54 bits per heavy atom. The SMILES string of the molecule is CSc1cccc(N2C(=O)N(Cc3ccc(C#N)cc3)[C@H]3CS(=O)(=O)C[C@H]32)c1. The fourth-order valence-electron chi connectivity index (χ4n) is 3.91. The minimum atomic E-state index is -3.21. The van der Waals surface area contributed by atoms with Crippen molar-refractivity contribution in [2.24, 2.45) is 0 Å². The average Bonchev–Trinajstić information content (AvgIpc) is 3.12. The van der Waals surface area contributed by atoms with E-state index in [1.165, 1.54) is 0 Å². The van der Waals surface area contributed by atoms with E-state index in [0.717, 1.165) is 16.1 Å². The number of hydrogen-bond acceptors (Lipinski definition) is 5. The fraction of sp³-hybridized carbons (Fsp3) is 0.300. The molecule has 0 aliphatic carbocycles. The predicted molar refractivity (Wildman–Crippen MR) is 109 cm³/mol. The summed E-state index contributed by atoms with van der Waals surface area (Å²) in [6.45, 7) is 0.319. The van der Waals surface area contributed by atoms with E-state index in [1.807, 2.05) is 30.5 Å². The molecule has 2 aliphatic heterocycles. The molecule has 8 heteroatoms. The molecular formula is C20H19N3O3S2. The van der Waals surface area contributed by atoms with E-state index in [9.17, 15) is 13.2 Å². The van der Waals surface area contributed by atoms with Crippen LogP contribution in [-0.4, -0.2) is 49.2 Å². The summed E-state index contributed by atoms with van der Waals surface area (Å²) in [5, 5.41) is 8.95. The quantitative estimate of drug-likeness (QED) is 0.569. The van der Waals surface area contributed by atoms with Gasteiger partial charge in [0.15, 0.2) is 9.84 Å². The Kier molecular flexibility index (Phi) is 4.81. The summed E-state index contributed by atoms with van der Waals surface area (Å²) in [4.78, 5) is 17.6. The molecular weight excluding hydrogens is 394 g/mol. The van der Waals surface area contributed by atoms with Gasteiger partial charge in [0.05, 0.1) is 35.2 Å². The number of urea groups is 1. The maximum absolute atomic E-state index is 13.3. The van der Waals surface area contributed by atoms with Gasteiger partial charge in [-0.1, -0.05) is 18.2 Å². The molecule has 2 aliphatic rings. The molecule has 0 bridgehead atoms. The van der Waals surface area contributed by atoms with Gasteiger partial charge in [-0.05, 0) is 42.2 Å². The van der Waals surface area contributed by atoms with Crippen LogP contribution in [0.5, 0.6) is 0 Å². The van der Waals surface area contributed by atoms with Crippen LogP contribution in [0.15, 0.2) is 53.4 Å². The van der Waals surface area contributed by atoms with E-state index < -0.39 is 9.84 Å². The maximum Gasteiger partial charge on any atom is 0.325 e. The van der Waals surface area contributed by atoms with Crippen molar-refractivity contribution in [3.05, 3.63) is 59.7 Å². The molecule has 0 N–H and O–H groups in total. The minimum absolute atomic E-state index is 0.0155. The van der Waals surface area contributed by atoms with Crippen molar-refractivity contribution in [1.82, 2.24) is 4.90 Å². The van der Waals surface area contributed by atoms with Gasteiger partial charge in [-0.2, -0.15) is 5.26 Å². The summed E-state index contributed by atoms with van der Waals surface area (Å²) in [6.07, 6.45) is 1.96. The topological polar surface area (TPSA) is 81.5 Å². The molecule has 6 nitrogen and oxygen atoms in total. The molecule has 2 saturated heterocycles. The first-order valence-corrected chi connectivity index (χ1v) is 11.9. The first-order chi connectivity index (χ1) is 13.4. The predicted octanol–water partition coefficient (Wildman–Crippen LogP) is 2.89. The number of hydrogen-bond donors (Lipinski definition) is 0. The molecule has 28 heavy (non-hydrogen) atoms. The number of amides is 2. The molecule has 2 heterocycles. The Morgan fingerprint density at radius 2 is 1.86 bits per heavy atom. The number of rotatable bonds is 4. The van der Waals surface area contributed by atoms with Crippen molar-refractivity contribution in [2.45, 2.75) is 23.5 Å². The Hall–Kier alpha value is -2.50. The smallest absolute Gasteiger partial charge is 0.314 e. The summed E-state index contributed by atoms with van der Waals surface area (Å²) in [5.74, 6) is -0.0326. The number of thioether (sulfide) groups is 1. The highest BCUT2D eigenvalue weighted by Crippen LogP contribution is 2.36. The zero-order chi connectivity index (χ0) is 19.9. The van der Waals surface area contributed by atoms with Crippen LogP contribution in [0.3, 0.4) is 0 Å². The van der Waals surface area contributed by atoms with Crippen molar-refractivity contribution in [3.63, 3.8) is 0 Å². The van der Waals surface area contributed by atoms with E-state index in [2.05, 4.69) is 6.07 Å². The van der Waals surface area contributed by atoms with Gasteiger partial charge in [-0.15, -0.1) is 11.8 Å². The third kappa shape index (κ3) is 3.36. The van der Waals surface area contributed by atoms with Gasteiger partial charge in [0, 0.05) is 17.1 Å². The van der Waals surface area contributed by atoms with Crippen molar-refractivity contribution in [1.29, 1.82) is 5.26 Å². The van der Waals surface area contributed by atoms with Crippen molar-refractivity contribution >= 4 is 33.3 Å². The van der Waals surface area contributed by atoms with Gasteiger partial charge in [0.2, 0.25) is 0 Å². The summed E-state index contributed by atoms with van der Waals surface area (Å²) >= 11 is 1.58. The first kappa shape index (κ1) is 18.8. The molecule has 2 fully saturated rings. The number of sulfone groups is 1.